The molecule has 0 aliphatic carbocycles. The van der Waals surface area contributed by atoms with E-state index in [1.807, 2.05) is 71.9 Å². The summed E-state index contributed by atoms with van der Waals surface area (Å²) in [5.41, 5.74) is 2.50. The molecular formula is C27H33F3N4O4. The molecule has 0 bridgehead atoms. The molecule has 3 rings (SSSR count). The molecule has 206 valence electrons. The van der Waals surface area contributed by atoms with E-state index < -0.39 is 12.1 Å². The fraction of sp³-hybridized carbons (Fsp3) is 0.407. The lowest BCUT2D eigenvalue weighted by Gasteiger charge is -2.28. The van der Waals surface area contributed by atoms with Gasteiger partial charge in [-0.15, -0.1) is 0 Å². The molecule has 0 amide bonds. The Kier molecular flexibility index (Phi) is 8.97. The van der Waals surface area contributed by atoms with E-state index in [-0.39, 0.29) is 34.5 Å². The number of aromatic hydroxyl groups is 1. The summed E-state index contributed by atoms with van der Waals surface area (Å²) in [5.74, 6) is -2.63. The van der Waals surface area contributed by atoms with Crippen molar-refractivity contribution < 1.29 is 33.0 Å². The van der Waals surface area contributed by atoms with Crippen molar-refractivity contribution >= 4 is 11.8 Å². The van der Waals surface area contributed by atoms with Gasteiger partial charge < -0.3 is 10.2 Å². The van der Waals surface area contributed by atoms with Crippen molar-refractivity contribution in [2.75, 3.05) is 0 Å². The van der Waals surface area contributed by atoms with Gasteiger partial charge in [0.2, 0.25) is 5.62 Å². The van der Waals surface area contributed by atoms with Crippen LogP contribution in [-0.2, 0) is 28.7 Å². The van der Waals surface area contributed by atoms with Crippen LogP contribution in [0, 0.1) is 5.41 Å². The molecular weight excluding hydrogens is 501 g/mol. The van der Waals surface area contributed by atoms with E-state index in [2.05, 4.69) is 4.98 Å². The summed E-state index contributed by atoms with van der Waals surface area (Å²) in [4.78, 5) is 26.3. The monoisotopic (exact) mass is 534 g/mol. The number of nitrogens with one attached hydrogen (secondary N) is 1. The minimum atomic E-state index is -5.08. The highest BCUT2D eigenvalue weighted by Crippen LogP contribution is 2.39. The zero-order chi connectivity index (χ0) is 29.1. The molecule has 1 aromatic heterocycles. The van der Waals surface area contributed by atoms with Crippen LogP contribution in [0.2, 0.25) is 0 Å². The molecule has 3 aromatic rings. The Bertz CT molecular complexity index is 1310. The number of aromatic nitrogens is 3. The summed E-state index contributed by atoms with van der Waals surface area (Å²) < 4.78 is 35.1. The van der Waals surface area contributed by atoms with Gasteiger partial charge in [-0.2, -0.15) is 13.2 Å². The number of hydrogen-bond acceptors (Lipinski definition) is 5. The molecule has 0 fully saturated rings. The summed E-state index contributed by atoms with van der Waals surface area (Å²) in [7, 11) is 0. The predicted molar refractivity (Wildman–Crippen MR) is 135 cm³/mol. The molecule has 0 atom stereocenters. The smallest absolute Gasteiger partial charge is 0.490 e. The van der Waals surface area contributed by atoms with Crippen molar-refractivity contribution in [3.05, 3.63) is 76.7 Å². The summed E-state index contributed by atoms with van der Waals surface area (Å²) in [5, 5.41) is 26.2. The summed E-state index contributed by atoms with van der Waals surface area (Å²) in [6, 6.07) is 13.4. The highest BCUT2D eigenvalue weighted by atomic mass is 19.4. The average Bonchev–Trinajstić information content (AvgIpc) is 3.11. The fourth-order valence-corrected chi connectivity index (χ4v) is 3.60. The van der Waals surface area contributed by atoms with E-state index in [4.69, 9.17) is 15.3 Å². The maximum Gasteiger partial charge on any atom is 0.490 e. The first-order chi connectivity index (χ1) is 17.3. The first-order valence-corrected chi connectivity index (χ1v) is 11.7. The number of alkyl halides is 3. The molecule has 0 aliphatic rings. The summed E-state index contributed by atoms with van der Waals surface area (Å²) >= 11 is 0. The van der Waals surface area contributed by atoms with Gasteiger partial charge in [-0.05, 0) is 28.5 Å². The van der Waals surface area contributed by atoms with Gasteiger partial charge in [0, 0.05) is 16.7 Å². The lowest BCUT2D eigenvalue weighted by molar-refractivity contribution is -0.192. The fourth-order valence-electron chi connectivity index (χ4n) is 3.60. The Morgan fingerprint density at radius 2 is 1.42 bits per heavy atom. The quantitative estimate of drug-likeness (QED) is 0.397. The second-order valence-electron chi connectivity index (χ2n) is 10.9. The van der Waals surface area contributed by atoms with E-state index in [0.717, 1.165) is 16.7 Å². The SMILES string of the molecule is CC(C)(C)c1cc(C(=O)Cn2c(=N)ncn2Cc2ccccc2)cc(C(C)(C)C)c1O.O=C(O)C(F)(F)F. The largest absolute Gasteiger partial charge is 0.507 e. The standard InChI is InChI=1S/C25H32N4O2.C2HF3O2/c1-24(2,3)19-12-18(13-20(22(19)31)25(4,5)6)21(30)15-29-23(26)27-16-28(29)14-17-10-8-7-9-11-17;3-2(4,5)1(6)7/h7-13,16,26,31H,14-15H2,1-6H3;(H,6,7). The van der Waals surface area contributed by atoms with Crippen molar-refractivity contribution in [1.82, 2.24) is 14.3 Å². The summed E-state index contributed by atoms with van der Waals surface area (Å²) in [6.07, 6.45) is -3.50. The molecule has 38 heavy (non-hydrogen) atoms. The molecule has 1 heterocycles. The predicted octanol–water partition coefficient (Wildman–Crippen LogP) is 5.03. The number of nitrogens with zero attached hydrogens (tertiary/aromatic N) is 3. The van der Waals surface area contributed by atoms with Crippen LogP contribution in [0.3, 0.4) is 0 Å². The van der Waals surface area contributed by atoms with Crippen LogP contribution in [0.15, 0.2) is 48.8 Å². The zero-order valence-electron chi connectivity index (χ0n) is 22.2. The van der Waals surface area contributed by atoms with E-state index >= 15 is 0 Å². The average molecular weight is 535 g/mol. The molecule has 0 saturated carbocycles. The highest BCUT2D eigenvalue weighted by molar-refractivity contribution is 5.96. The number of Topliss-reactive ketones (excluding diaryl/α,β-unsaturated/α-hetero) is 1. The lowest BCUT2D eigenvalue weighted by Crippen LogP contribution is -2.28. The van der Waals surface area contributed by atoms with Crippen LogP contribution in [0.5, 0.6) is 5.75 Å². The Balaban J connectivity index is 0.000000638. The van der Waals surface area contributed by atoms with Crippen LogP contribution in [0.25, 0.3) is 0 Å². The topological polar surface area (TPSA) is 121 Å². The molecule has 0 spiro atoms. The zero-order valence-corrected chi connectivity index (χ0v) is 22.2. The van der Waals surface area contributed by atoms with Gasteiger partial charge >= 0.3 is 12.1 Å². The molecule has 3 N–H and O–H groups in total. The maximum absolute atomic E-state index is 13.3. The van der Waals surface area contributed by atoms with Crippen LogP contribution >= 0.6 is 0 Å². The maximum atomic E-state index is 13.3. The lowest BCUT2D eigenvalue weighted by atomic mass is 9.78. The number of ketones is 1. The summed E-state index contributed by atoms with van der Waals surface area (Å²) in [6.45, 7) is 12.7. The molecule has 0 aliphatic heterocycles. The molecule has 0 radical (unpaired) electrons. The van der Waals surface area contributed by atoms with Crippen molar-refractivity contribution in [2.45, 2.75) is 71.6 Å². The third-order valence-corrected chi connectivity index (χ3v) is 5.64. The third-order valence-electron chi connectivity index (χ3n) is 5.64. The first-order valence-electron chi connectivity index (χ1n) is 11.7. The number of carboxylic acid groups (broad SMARTS) is 1. The van der Waals surface area contributed by atoms with Gasteiger partial charge in [-0.1, -0.05) is 71.9 Å². The number of phenolic OH excluding ortho intramolecular Hbond substituents is 1. The number of halogens is 3. The number of carboxylic acids is 1. The van der Waals surface area contributed by atoms with E-state index in [9.17, 15) is 23.1 Å². The van der Waals surface area contributed by atoms with Gasteiger partial charge in [0.25, 0.3) is 0 Å². The second-order valence-corrected chi connectivity index (χ2v) is 10.9. The van der Waals surface area contributed by atoms with Gasteiger partial charge in [-0.3, -0.25) is 14.9 Å². The normalized spacial score (nSPS) is 12.0. The van der Waals surface area contributed by atoms with Crippen molar-refractivity contribution in [1.29, 1.82) is 5.41 Å². The van der Waals surface area contributed by atoms with Crippen molar-refractivity contribution in [3.63, 3.8) is 0 Å². The Morgan fingerprint density at radius 1 is 0.947 bits per heavy atom. The van der Waals surface area contributed by atoms with Gasteiger partial charge in [0.05, 0.1) is 6.54 Å². The number of carbonyl (C=O) groups is 2. The van der Waals surface area contributed by atoms with Crippen molar-refractivity contribution in [3.8, 4) is 5.75 Å². The number of rotatable bonds is 5. The molecule has 0 saturated heterocycles. The van der Waals surface area contributed by atoms with Crippen LogP contribution in [0.4, 0.5) is 13.2 Å². The Labute approximate surface area is 218 Å². The number of phenols is 1. The second kappa shape index (κ2) is 11.2. The minimum absolute atomic E-state index is 0.00358. The minimum Gasteiger partial charge on any atom is -0.507 e. The molecule has 0 unspecified atom stereocenters. The van der Waals surface area contributed by atoms with E-state index in [0.29, 0.717) is 12.1 Å². The number of carbonyl (C=O) groups excluding carboxylic acids is 1. The van der Waals surface area contributed by atoms with Gasteiger partial charge in [-0.25, -0.2) is 14.5 Å². The molecule has 11 heteroatoms. The number of hydrogen-bond donors (Lipinski definition) is 3. The third kappa shape index (κ3) is 7.80. The molecule has 8 nitrogen and oxygen atoms in total. The Hall–Kier alpha value is -3.89. The van der Waals surface area contributed by atoms with Gasteiger partial charge in [0.15, 0.2) is 5.78 Å². The van der Waals surface area contributed by atoms with E-state index in [1.165, 1.54) is 0 Å². The Morgan fingerprint density at radius 3 is 1.84 bits per heavy atom. The van der Waals surface area contributed by atoms with Crippen molar-refractivity contribution in [2.24, 2.45) is 0 Å². The van der Waals surface area contributed by atoms with Crippen LogP contribution in [0.1, 0.15) is 68.6 Å². The van der Waals surface area contributed by atoms with Crippen LogP contribution < -0.4 is 5.62 Å². The number of aliphatic carboxylic acids is 1. The van der Waals surface area contributed by atoms with E-state index in [1.54, 1.807) is 27.8 Å². The highest BCUT2D eigenvalue weighted by Gasteiger charge is 2.38. The molecule has 2 aromatic carbocycles. The van der Waals surface area contributed by atoms with Crippen LogP contribution in [-0.4, -0.2) is 42.5 Å². The van der Waals surface area contributed by atoms with Gasteiger partial charge in [0.1, 0.15) is 18.6 Å². The number of benzene rings is 2. The first kappa shape index (κ1) is 30.3.